The van der Waals surface area contributed by atoms with Crippen LogP contribution in [0.5, 0.6) is 5.75 Å². The van der Waals surface area contributed by atoms with Gasteiger partial charge in [0.05, 0.1) is 13.2 Å². The summed E-state index contributed by atoms with van der Waals surface area (Å²) in [5.74, 6) is 0.0875. The van der Waals surface area contributed by atoms with E-state index >= 15 is 0 Å². The van der Waals surface area contributed by atoms with Crippen LogP contribution in [-0.4, -0.2) is 19.7 Å². The van der Waals surface area contributed by atoms with E-state index in [4.69, 9.17) is 4.74 Å². The van der Waals surface area contributed by atoms with E-state index in [9.17, 15) is 14.4 Å². The number of aryl methyl sites for hydroxylation is 1. The molecular formula is C18H17FN2O2. The summed E-state index contributed by atoms with van der Waals surface area (Å²) in [4.78, 5) is 12.3. The fourth-order valence-electron chi connectivity index (χ4n) is 2.15. The molecule has 5 heteroatoms. The number of carbonyl (C=O) groups excluding carboxylic acids is 1. The number of nitrogens with one attached hydrogen (secondary N) is 1. The Labute approximate surface area is 134 Å². The van der Waals surface area contributed by atoms with Crippen LogP contribution in [0.2, 0.25) is 0 Å². The van der Waals surface area contributed by atoms with E-state index in [0.717, 1.165) is 5.56 Å². The highest BCUT2D eigenvalue weighted by atomic mass is 19.1. The molecular weight excluding hydrogens is 295 g/mol. The van der Waals surface area contributed by atoms with Crippen molar-refractivity contribution in [2.75, 3.05) is 13.8 Å². The van der Waals surface area contributed by atoms with Crippen LogP contribution in [0.4, 0.5) is 4.39 Å². The van der Waals surface area contributed by atoms with Gasteiger partial charge in [-0.1, -0.05) is 29.8 Å². The Morgan fingerprint density at radius 2 is 1.83 bits per heavy atom. The lowest BCUT2D eigenvalue weighted by Gasteiger charge is -2.25. The second kappa shape index (κ2) is 6.93. The third-order valence-electron chi connectivity index (χ3n) is 3.61. The van der Waals surface area contributed by atoms with Crippen molar-refractivity contribution in [3.8, 4) is 11.8 Å². The van der Waals surface area contributed by atoms with Gasteiger partial charge in [0.1, 0.15) is 12.4 Å². The molecule has 0 fully saturated rings. The Morgan fingerprint density at radius 1 is 1.22 bits per heavy atom. The summed E-state index contributed by atoms with van der Waals surface area (Å²) in [7, 11) is 1.52. The Hall–Kier alpha value is -2.87. The summed E-state index contributed by atoms with van der Waals surface area (Å²) >= 11 is 0. The number of rotatable bonds is 5. The standard InChI is InChI=1S/C18H17FN2O2/c1-13-3-7-15(8-4-13)18(11-19,12-20)21-17(22)14-5-9-16(23-2)10-6-14/h3-10H,11H2,1-2H3,(H,21,22). The van der Waals surface area contributed by atoms with Gasteiger partial charge in [-0.2, -0.15) is 5.26 Å². The minimum absolute atomic E-state index is 0.325. The minimum Gasteiger partial charge on any atom is -0.497 e. The van der Waals surface area contributed by atoms with Crippen molar-refractivity contribution in [3.05, 3.63) is 65.2 Å². The van der Waals surface area contributed by atoms with Gasteiger partial charge in [0, 0.05) is 5.56 Å². The van der Waals surface area contributed by atoms with Crippen molar-refractivity contribution >= 4 is 5.91 Å². The third-order valence-corrected chi connectivity index (χ3v) is 3.61. The fraction of sp³-hybridized carbons (Fsp3) is 0.222. The van der Waals surface area contributed by atoms with Crippen LogP contribution in [-0.2, 0) is 5.54 Å². The van der Waals surface area contributed by atoms with E-state index in [2.05, 4.69) is 5.32 Å². The van der Waals surface area contributed by atoms with Crippen molar-refractivity contribution in [1.82, 2.24) is 5.32 Å². The van der Waals surface area contributed by atoms with Crippen LogP contribution in [0.1, 0.15) is 21.5 Å². The minimum atomic E-state index is -1.70. The molecule has 0 aliphatic carbocycles. The van der Waals surface area contributed by atoms with Gasteiger partial charge in [0.15, 0.2) is 5.54 Å². The fourth-order valence-corrected chi connectivity index (χ4v) is 2.15. The van der Waals surface area contributed by atoms with Gasteiger partial charge in [-0.3, -0.25) is 4.79 Å². The molecule has 0 aliphatic rings. The molecule has 0 saturated heterocycles. The van der Waals surface area contributed by atoms with E-state index in [1.165, 1.54) is 7.11 Å². The first kappa shape index (κ1) is 16.5. The lowest BCUT2D eigenvalue weighted by molar-refractivity contribution is 0.0906. The summed E-state index contributed by atoms with van der Waals surface area (Å²) < 4.78 is 18.7. The Kier molecular flexibility index (Phi) is 4.97. The molecule has 0 aromatic heterocycles. The molecule has 0 aliphatic heterocycles. The Morgan fingerprint density at radius 3 is 2.30 bits per heavy atom. The average molecular weight is 312 g/mol. The van der Waals surface area contributed by atoms with Gasteiger partial charge < -0.3 is 10.1 Å². The average Bonchev–Trinajstić information content (AvgIpc) is 2.60. The molecule has 1 N–H and O–H groups in total. The first-order valence-corrected chi connectivity index (χ1v) is 7.05. The van der Waals surface area contributed by atoms with Crippen molar-refractivity contribution in [3.63, 3.8) is 0 Å². The molecule has 0 radical (unpaired) electrons. The predicted octanol–water partition coefficient (Wildman–Crippen LogP) is 3.12. The number of nitriles is 1. The van der Waals surface area contributed by atoms with E-state index in [0.29, 0.717) is 16.9 Å². The number of ether oxygens (including phenoxy) is 1. The highest BCUT2D eigenvalue weighted by molar-refractivity contribution is 5.95. The van der Waals surface area contributed by atoms with Crippen molar-refractivity contribution in [2.24, 2.45) is 0 Å². The maximum absolute atomic E-state index is 13.6. The summed E-state index contributed by atoms with van der Waals surface area (Å²) in [5, 5.41) is 12.0. The molecule has 2 aromatic rings. The normalized spacial score (nSPS) is 12.8. The van der Waals surface area contributed by atoms with Crippen LogP contribution in [0.3, 0.4) is 0 Å². The van der Waals surface area contributed by atoms with Crippen molar-refractivity contribution < 1.29 is 13.9 Å². The molecule has 0 spiro atoms. The molecule has 118 valence electrons. The van der Waals surface area contributed by atoms with E-state index in [1.54, 1.807) is 48.5 Å². The first-order chi connectivity index (χ1) is 11.0. The van der Waals surface area contributed by atoms with Crippen molar-refractivity contribution in [1.29, 1.82) is 5.26 Å². The number of methoxy groups -OCH3 is 1. The largest absolute Gasteiger partial charge is 0.497 e. The number of halogens is 1. The molecule has 23 heavy (non-hydrogen) atoms. The summed E-state index contributed by atoms with van der Waals surface area (Å²) in [5.41, 5.74) is 0.0203. The number of benzene rings is 2. The topological polar surface area (TPSA) is 62.1 Å². The molecule has 1 amide bonds. The highest BCUT2D eigenvalue weighted by Gasteiger charge is 2.34. The number of carbonyl (C=O) groups is 1. The smallest absolute Gasteiger partial charge is 0.252 e. The lowest BCUT2D eigenvalue weighted by atomic mass is 9.91. The van der Waals surface area contributed by atoms with Gasteiger partial charge in [0.25, 0.3) is 5.91 Å². The maximum atomic E-state index is 13.6. The highest BCUT2D eigenvalue weighted by Crippen LogP contribution is 2.23. The first-order valence-electron chi connectivity index (χ1n) is 7.05. The summed E-state index contributed by atoms with van der Waals surface area (Å²) in [6, 6.07) is 15.1. The predicted molar refractivity (Wildman–Crippen MR) is 84.9 cm³/mol. The summed E-state index contributed by atoms with van der Waals surface area (Å²) in [6.07, 6.45) is 0. The number of hydrogen-bond donors (Lipinski definition) is 1. The van der Waals surface area contributed by atoms with E-state index in [-0.39, 0.29) is 0 Å². The van der Waals surface area contributed by atoms with Gasteiger partial charge >= 0.3 is 0 Å². The van der Waals surface area contributed by atoms with E-state index in [1.807, 2.05) is 13.0 Å². The Balaban J connectivity index is 2.29. The maximum Gasteiger partial charge on any atom is 0.252 e. The molecule has 0 bridgehead atoms. The Bertz CT molecular complexity index is 720. The quantitative estimate of drug-likeness (QED) is 0.922. The van der Waals surface area contributed by atoms with Gasteiger partial charge in [-0.15, -0.1) is 0 Å². The number of amides is 1. The van der Waals surface area contributed by atoms with Gasteiger partial charge in [-0.25, -0.2) is 4.39 Å². The number of alkyl halides is 1. The molecule has 2 aromatic carbocycles. The monoisotopic (exact) mass is 312 g/mol. The second-order valence-electron chi connectivity index (χ2n) is 5.20. The van der Waals surface area contributed by atoms with Gasteiger partial charge in [-0.05, 0) is 36.8 Å². The number of nitrogens with zero attached hydrogens (tertiary/aromatic N) is 1. The SMILES string of the molecule is COc1ccc(C(=O)NC(C#N)(CF)c2ccc(C)cc2)cc1. The zero-order valence-electron chi connectivity index (χ0n) is 13.0. The van der Waals surface area contributed by atoms with Gasteiger partial charge in [0.2, 0.25) is 0 Å². The summed E-state index contributed by atoms with van der Waals surface area (Å²) in [6.45, 7) is 0.873. The van der Waals surface area contributed by atoms with Crippen molar-refractivity contribution in [2.45, 2.75) is 12.5 Å². The third kappa shape index (κ3) is 3.49. The molecule has 1 atom stereocenters. The molecule has 1 unspecified atom stereocenters. The number of hydrogen-bond acceptors (Lipinski definition) is 3. The molecule has 0 heterocycles. The second-order valence-corrected chi connectivity index (χ2v) is 5.20. The van der Waals surface area contributed by atoms with E-state index < -0.39 is 18.1 Å². The molecule has 4 nitrogen and oxygen atoms in total. The van der Waals surface area contributed by atoms with Crippen LogP contribution < -0.4 is 10.1 Å². The van der Waals surface area contributed by atoms with Crippen LogP contribution in [0.15, 0.2) is 48.5 Å². The molecule has 2 rings (SSSR count). The lowest BCUT2D eigenvalue weighted by Crippen LogP contribution is -2.46. The van der Waals surface area contributed by atoms with Crippen LogP contribution >= 0.6 is 0 Å². The van der Waals surface area contributed by atoms with Crippen LogP contribution in [0, 0.1) is 18.3 Å². The zero-order chi connectivity index (χ0) is 16.9. The molecule has 0 saturated carbocycles. The zero-order valence-corrected chi connectivity index (χ0v) is 13.0. The van der Waals surface area contributed by atoms with Crippen LogP contribution in [0.25, 0.3) is 0 Å².